The van der Waals surface area contributed by atoms with Crippen molar-refractivity contribution in [2.75, 3.05) is 13.1 Å². The Morgan fingerprint density at radius 3 is 2.58 bits per heavy atom. The normalized spacial score (nSPS) is 21.3. The second-order valence-corrected chi connectivity index (χ2v) is 7.07. The van der Waals surface area contributed by atoms with E-state index in [1.54, 1.807) is 0 Å². The molecule has 3 atom stereocenters. The predicted octanol–water partition coefficient (Wildman–Crippen LogP) is 2.55. The molecule has 3 N–H and O–H groups in total. The van der Waals surface area contributed by atoms with Crippen LogP contribution in [0.4, 0.5) is 0 Å². The highest BCUT2D eigenvalue weighted by Crippen LogP contribution is 2.20. The van der Waals surface area contributed by atoms with Crippen molar-refractivity contribution in [2.24, 2.45) is 5.92 Å². The summed E-state index contributed by atoms with van der Waals surface area (Å²) in [5, 5.41) is 9.30. The van der Waals surface area contributed by atoms with E-state index in [0.29, 0.717) is 5.92 Å². The summed E-state index contributed by atoms with van der Waals surface area (Å²) in [6.45, 7) is 5.46. The van der Waals surface area contributed by atoms with E-state index < -0.39 is 0 Å². The van der Waals surface area contributed by atoms with Crippen LogP contribution in [0, 0.1) is 5.92 Å². The van der Waals surface area contributed by atoms with Gasteiger partial charge in [0, 0.05) is 17.4 Å². The zero-order valence-corrected chi connectivity index (χ0v) is 16.4. The smallest absolute Gasteiger partial charge is 0.222 e. The first-order valence-corrected chi connectivity index (χ1v) is 8.77. The van der Waals surface area contributed by atoms with Crippen molar-refractivity contribution in [1.29, 1.82) is 0 Å². The molecule has 1 aromatic carbocycles. The van der Waals surface area contributed by atoms with Crippen LogP contribution in [0.5, 0.6) is 0 Å². The maximum atomic E-state index is 12.4. The van der Waals surface area contributed by atoms with Crippen molar-refractivity contribution in [3.8, 4) is 0 Å². The summed E-state index contributed by atoms with van der Waals surface area (Å²) < 4.78 is 0.968. The van der Waals surface area contributed by atoms with Gasteiger partial charge in [0.1, 0.15) is 0 Å². The molecule has 134 valence electrons. The van der Waals surface area contributed by atoms with E-state index in [4.69, 9.17) is 0 Å². The maximum absolute atomic E-state index is 12.4. The van der Waals surface area contributed by atoms with Gasteiger partial charge in [-0.1, -0.05) is 35.0 Å². The highest BCUT2D eigenvalue weighted by Gasteiger charge is 2.24. The van der Waals surface area contributed by atoms with Gasteiger partial charge in [-0.15, -0.1) is 12.4 Å². The Bertz CT molecular complexity index is 553. The summed E-state index contributed by atoms with van der Waals surface area (Å²) >= 11 is 3.40. The lowest BCUT2D eigenvalue weighted by Gasteiger charge is -2.30. The van der Waals surface area contributed by atoms with E-state index in [9.17, 15) is 9.59 Å². The summed E-state index contributed by atoms with van der Waals surface area (Å²) in [6.07, 6.45) is 1.19. The average Bonchev–Trinajstić information content (AvgIpc) is 2.49. The average molecular weight is 419 g/mol. The zero-order valence-electron chi connectivity index (χ0n) is 14.0. The van der Waals surface area contributed by atoms with Gasteiger partial charge >= 0.3 is 0 Å². The van der Waals surface area contributed by atoms with Crippen molar-refractivity contribution in [2.45, 2.75) is 38.8 Å². The summed E-state index contributed by atoms with van der Waals surface area (Å²) in [5.74, 6) is 0.256. The number of rotatable bonds is 5. The summed E-state index contributed by atoms with van der Waals surface area (Å²) in [5.41, 5.74) is 0.928. The molecular formula is C17H25BrClN3O2. The largest absolute Gasteiger partial charge is 0.353 e. The van der Waals surface area contributed by atoms with Gasteiger partial charge in [0.15, 0.2) is 0 Å². The second kappa shape index (κ2) is 10.0. The van der Waals surface area contributed by atoms with Crippen LogP contribution in [-0.4, -0.2) is 30.9 Å². The Labute approximate surface area is 157 Å². The molecule has 5 nitrogen and oxygen atoms in total. The van der Waals surface area contributed by atoms with Gasteiger partial charge in [-0.05, 0) is 43.1 Å². The quantitative estimate of drug-likeness (QED) is 0.688. The number of hydrogen-bond donors (Lipinski definition) is 3. The third kappa shape index (κ3) is 6.42. The van der Waals surface area contributed by atoms with E-state index in [1.807, 2.05) is 24.3 Å². The summed E-state index contributed by atoms with van der Waals surface area (Å²) in [6, 6.07) is 7.56. The minimum atomic E-state index is -0.308. The fraction of sp³-hybridized carbons (Fsp3) is 0.529. The highest BCUT2D eigenvalue weighted by molar-refractivity contribution is 9.10. The van der Waals surface area contributed by atoms with Crippen molar-refractivity contribution in [3.63, 3.8) is 0 Å². The van der Waals surface area contributed by atoms with E-state index in [1.165, 1.54) is 6.92 Å². The molecular weight excluding hydrogens is 394 g/mol. The lowest BCUT2D eigenvalue weighted by Crippen LogP contribution is -2.49. The molecule has 0 aromatic heterocycles. The Morgan fingerprint density at radius 1 is 1.33 bits per heavy atom. The van der Waals surface area contributed by atoms with Crippen LogP contribution in [0.15, 0.2) is 28.7 Å². The van der Waals surface area contributed by atoms with Gasteiger partial charge < -0.3 is 16.0 Å². The molecule has 1 saturated heterocycles. The number of carbonyl (C=O) groups is 2. The molecule has 0 aliphatic carbocycles. The maximum Gasteiger partial charge on any atom is 0.222 e. The molecule has 0 saturated carbocycles. The number of amides is 2. The molecule has 1 heterocycles. The molecule has 0 spiro atoms. The van der Waals surface area contributed by atoms with Crippen LogP contribution in [0.25, 0.3) is 0 Å². The van der Waals surface area contributed by atoms with Crippen LogP contribution in [0.1, 0.15) is 38.3 Å². The summed E-state index contributed by atoms with van der Waals surface area (Å²) in [7, 11) is 0. The molecule has 0 bridgehead atoms. The second-order valence-electron chi connectivity index (χ2n) is 6.15. The molecule has 3 unspecified atom stereocenters. The number of benzene rings is 1. The van der Waals surface area contributed by atoms with Gasteiger partial charge in [0.05, 0.1) is 12.5 Å². The first-order chi connectivity index (χ1) is 11.0. The van der Waals surface area contributed by atoms with Crippen molar-refractivity contribution in [3.05, 3.63) is 34.3 Å². The van der Waals surface area contributed by atoms with Crippen molar-refractivity contribution in [1.82, 2.24) is 16.0 Å². The Balaban J connectivity index is 0.00000288. The molecule has 24 heavy (non-hydrogen) atoms. The fourth-order valence-electron chi connectivity index (χ4n) is 2.87. The van der Waals surface area contributed by atoms with E-state index in [0.717, 1.165) is 29.5 Å². The highest BCUT2D eigenvalue weighted by atomic mass is 79.9. The lowest BCUT2D eigenvalue weighted by molar-refractivity contribution is -0.123. The van der Waals surface area contributed by atoms with Gasteiger partial charge in [-0.25, -0.2) is 0 Å². The van der Waals surface area contributed by atoms with Crippen LogP contribution in [0.2, 0.25) is 0 Å². The lowest BCUT2D eigenvalue weighted by atomic mass is 9.94. The number of carbonyl (C=O) groups excluding carboxylic acids is 2. The molecule has 1 fully saturated rings. The van der Waals surface area contributed by atoms with Gasteiger partial charge in [-0.3, -0.25) is 9.59 Å². The number of hydrogen-bond acceptors (Lipinski definition) is 3. The number of nitrogens with one attached hydrogen (secondary N) is 3. The Kier molecular flexibility index (Phi) is 8.73. The van der Waals surface area contributed by atoms with Crippen LogP contribution < -0.4 is 16.0 Å². The summed E-state index contributed by atoms with van der Waals surface area (Å²) in [4.78, 5) is 23.9. The molecule has 1 aliphatic heterocycles. The first-order valence-electron chi connectivity index (χ1n) is 7.98. The minimum absolute atomic E-state index is 0. The number of halogens is 2. The Hall–Kier alpha value is -1.11. The fourth-order valence-corrected chi connectivity index (χ4v) is 3.14. The molecule has 0 radical (unpaired) electrons. The van der Waals surface area contributed by atoms with Crippen molar-refractivity contribution < 1.29 is 9.59 Å². The van der Waals surface area contributed by atoms with E-state index in [2.05, 4.69) is 38.8 Å². The molecule has 7 heteroatoms. The molecule has 2 rings (SSSR count). The number of piperidine rings is 1. The molecule has 1 aromatic rings. The van der Waals surface area contributed by atoms with Gasteiger partial charge in [0.2, 0.25) is 11.8 Å². The van der Waals surface area contributed by atoms with Gasteiger partial charge in [0.25, 0.3) is 0 Å². The molecule has 1 aliphatic rings. The van der Waals surface area contributed by atoms with Crippen molar-refractivity contribution >= 4 is 40.2 Å². The van der Waals surface area contributed by atoms with E-state index in [-0.39, 0.29) is 42.7 Å². The van der Waals surface area contributed by atoms with E-state index >= 15 is 0 Å². The van der Waals surface area contributed by atoms with Crippen LogP contribution >= 0.6 is 28.3 Å². The zero-order chi connectivity index (χ0) is 16.8. The topological polar surface area (TPSA) is 70.2 Å². The SMILES string of the molecule is CC(=O)NC(CC(=O)NC1CCNCC1C)c1ccc(Br)cc1.Cl. The monoisotopic (exact) mass is 417 g/mol. The Morgan fingerprint density at radius 2 is 2.00 bits per heavy atom. The standard InChI is InChI=1S/C17H24BrN3O2.ClH/c1-11-10-19-8-7-15(11)21-17(23)9-16(20-12(2)22)13-3-5-14(18)6-4-13;/h3-6,11,15-16,19H,7-10H2,1-2H3,(H,20,22)(H,21,23);1H. The minimum Gasteiger partial charge on any atom is -0.353 e. The third-order valence-electron chi connectivity index (χ3n) is 4.17. The first kappa shape index (κ1) is 20.9. The third-order valence-corrected chi connectivity index (χ3v) is 4.70. The van der Waals surface area contributed by atoms with Crippen LogP contribution in [0.3, 0.4) is 0 Å². The van der Waals surface area contributed by atoms with Gasteiger partial charge in [-0.2, -0.15) is 0 Å². The predicted molar refractivity (Wildman–Crippen MR) is 101 cm³/mol. The molecule has 2 amide bonds. The van der Waals surface area contributed by atoms with Crippen LogP contribution in [-0.2, 0) is 9.59 Å².